The lowest BCUT2D eigenvalue weighted by atomic mass is 10.2. The van der Waals surface area contributed by atoms with E-state index >= 15 is 0 Å². The van der Waals surface area contributed by atoms with Gasteiger partial charge in [-0.15, -0.1) is 0 Å². The molecule has 1 aromatic heterocycles. The van der Waals surface area contributed by atoms with Gasteiger partial charge in [0, 0.05) is 23.1 Å². The average Bonchev–Trinajstić information content (AvgIpc) is 2.84. The number of nitrogens with zero attached hydrogens (tertiary/aromatic N) is 2. The van der Waals surface area contributed by atoms with Crippen LogP contribution < -0.4 is 10.5 Å². The fourth-order valence-electron chi connectivity index (χ4n) is 1.75. The number of halogens is 1. The quantitative estimate of drug-likeness (QED) is 0.924. The normalized spacial score (nSPS) is 10.6. The molecule has 0 fully saturated rings. The highest BCUT2D eigenvalue weighted by molar-refractivity contribution is 9.10. The summed E-state index contributed by atoms with van der Waals surface area (Å²) in [5.74, 6) is 0.824. The summed E-state index contributed by atoms with van der Waals surface area (Å²) in [7, 11) is 0. The van der Waals surface area contributed by atoms with Gasteiger partial charge in [0.1, 0.15) is 12.4 Å². The Balaban J connectivity index is 2.10. The number of ether oxygens (including phenoxy) is 1. The third kappa shape index (κ3) is 2.91. The van der Waals surface area contributed by atoms with E-state index in [1.165, 1.54) is 0 Å². The first kappa shape index (κ1) is 13.1. The van der Waals surface area contributed by atoms with Crippen LogP contribution in [0.25, 0.3) is 0 Å². The topological polar surface area (TPSA) is 53.1 Å². The Morgan fingerprint density at radius 1 is 1.44 bits per heavy atom. The number of aromatic nitrogens is 2. The van der Waals surface area contributed by atoms with E-state index < -0.39 is 0 Å². The largest absolute Gasteiger partial charge is 0.487 e. The summed E-state index contributed by atoms with van der Waals surface area (Å²) in [4.78, 5) is 4.11. The summed E-state index contributed by atoms with van der Waals surface area (Å²) in [5, 5.41) is 0. The van der Waals surface area contributed by atoms with Crippen molar-refractivity contribution in [3.8, 4) is 5.75 Å². The van der Waals surface area contributed by atoms with E-state index in [1.54, 1.807) is 0 Å². The van der Waals surface area contributed by atoms with E-state index in [1.807, 2.05) is 30.7 Å². The van der Waals surface area contributed by atoms with Gasteiger partial charge in [0.25, 0.3) is 0 Å². The lowest BCUT2D eigenvalue weighted by molar-refractivity contribution is 0.292. The lowest BCUT2D eigenvalue weighted by Crippen LogP contribution is -2.06. The average molecular weight is 310 g/mol. The van der Waals surface area contributed by atoms with Gasteiger partial charge in [0.2, 0.25) is 0 Å². The molecule has 0 atom stereocenters. The van der Waals surface area contributed by atoms with E-state index in [-0.39, 0.29) is 0 Å². The summed E-state index contributed by atoms with van der Waals surface area (Å²) < 4.78 is 8.87. The highest BCUT2D eigenvalue weighted by Gasteiger charge is 2.05. The third-order valence-corrected chi connectivity index (χ3v) is 3.25. The molecule has 5 heteroatoms. The number of rotatable bonds is 5. The fraction of sp³-hybridized carbons (Fsp3) is 0.308. The molecule has 0 aliphatic rings. The molecule has 0 bridgehead atoms. The van der Waals surface area contributed by atoms with E-state index in [2.05, 4.69) is 32.4 Å². The molecular weight excluding hydrogens is 294 g/mol. The molecule has 0 radical (unpaired) electrons. The second-order valence-electron chi connectivity index (χ2n) is 3.92. The van der Waals surface area contributed by atoms with Gasteiger partial charge in [0.15, 0.2) is 0 Å². The van der Waals surface area contributed by atoms with Crippen molar-refractivity contribution in [3.05, 3.63) is 46.5 Å². The van der Waals surface area contributed by atoms with Crippen LogP contribution in [-0.2, 0) is 19.7 Å². The molecule has 2 aromatic rings. The zero-order valence-electron chi connectivity index (χ0n) is 10.3. The molecule has 0 spiro atoms. The maximum Gasteiger partial charge on any atom is 0.130 e. The van der Waals surface area contributed by atoms with E-state index in [0.29, 0.717) is 13.2 Å². The maximum atomic E-state index is 5.81. The van der Waals surface area contributed by atoms with Gasteiger partial charge < -0.3 is 15.0 Å². The van der Waals surface area contributed by atoms with Crippen molar-refractivity contribution < 1.29 is 4.74 Å². The molecule has 0 saturated heterocycles. The molecule has 18 heavy (non-hydrogen) atoms. The van der Waals surface area contributed by atoms with Crippen LogP contribution >= 0.6 is 15.9 Å². The Morgan fingerprint density at radius 3 is 3.00 bits per heavy atom. The van der Waals surface area contributed by atoms with E-state index in [4.69, 9.17) is 10.5 Å². The van der Waals surface area contributed by atoms with Gasteiger partial charge in [-0.05, 0) is 25.1 Å². The van der Waals surface area contributed by atoms with Gasteiger partial charge in [-0.25, -0.2) is 4.98 Å². The monoisotopic (exact) mass is 309 g/mol. The highest BCUT2D eigenvalue weighted by Crippen LogP contribution is 2.23. The minimum absolute atomic E-state index is 0.460. The highest BCUT2D eigenvalue weighted by atomic mass is 79.9. The van der Waals surface area contributed by atoms with Crippen LogP contribution in [0.4, 0.5) is 0 Å². The zero-order valence-corrected chi connectivity index (χ0v) is 11.9. The van der Waals surface area contributed by atoms with Crippen molar-refractivity contribution in [1.82, 2.24) is 9.55 Å². The predicted molar refractivity (Wildman–Crippen MR) is 74.3 cm³/mol. The summed E-state index contributed by atoms with van der Waals surface area (Å²) in [6.45, 7) is 3.93. The van der Waals surface area contributed by atoms with E-state index in [0.717, 1.165) is 28.0 Å². The molecule has 1 aromatic carbocycles. The second kappa shape index (κ2) is 6.02. The molecule has 4 nitrogen and oxygen atoms in total. The lowest BCUT2D eigenvalue weighted by Gasteiger charge is -2.11. The van der Waals surface area contributed by atoms with Gasteiger partial charge >= 0.3 is 0 Å². The Morgan fingerprint density at radius 2 is 2.28 bits per heavy atom. The van der Waals surface area contributed by atoms with Crippen molar-refractivity contribution in [2.75, 3.05) is 0 Å². The van der Waals surface area contributed by atoms with Crippen LogP contribution in [-0.4, -0.2) is 9.55 Å². The van der Waals surface area contributed by atoms with Crippen LogP contribution in [0.5, 0.6) is 5.75 Å². The summed E-state index contributed by atoms with van der Waals surface area (Å²) in [5.41, 5.74) is 7.76. The molecule has 0 amide bonds. The van der Waals surface area contributed by atoms with Gasteiger partial charge in [-0.1, -0.05) is 15.9 Å². The van der Waals surface area contributed by atoms with E-state index in [9.17, 15) is 0 Å². The van der Waals surface area contributed by atoms with Crippen molar-refractivity contribution in [3.63, 3.8) is 0 Å². The first-order chi connectivity index (χ1) is 8.74. The summed E-state index contributed by atoms with van der Waals surface area (Å²) >= 11 is 3.42. The Kier molecular flexibility index (Phi) is 4.38. The van der Waals surface area contributed by atoms with Crippen LogP contribution in [0.3, 0.4) is 0 Å². The Labute approximate surface area is 115 Å². The molecule has 1 heterocycles. The fourth-order valence-corrected chi connectivity index (χ4v) is 2.16. The number of benzene rings is 1. The molecule has 2 rings (SSSR count). The van der Waals surface area contributed by atoms with Crippen molar-refractivity contribution in [2.24, 2.45) is 5.73 Å². The van der Waals surface area contributed by atoms with Crippen LogP contribution in [0.15, 0.2) is 35.2 Å². The Hall–Kier alpha value is -1.33. The zero-order chi connectivity index (χ0) is 13.0. The van der Waals surface area contributed by atoms with Gasteiger partial charge in [-0.2, -0.15) is 0 Å². The number of hydrogen-bond donors (Lipinski definition) is 1. The van der Waals surface area contributed by atoms with Crippen LogP contribution in [0, 0.1) is 0 Å². The number of imidazole rings is 1. The van der Waals surface area contributed by atoms with Gasteiger partial charge in [0.05, 0.1) is 18.2 Å². The molecule has 0 aliphatic heterocycles. The summed E-state index contributed by atoms with van der Waals surface area (Å²) in [6, 6.07) is 5.86. The number of nitrogens with two attached hydrogens (primary N) is 1. The smallest absolute Gasteiger partial charge is 0.130 e. The molecule has 2 N–H and O–H groups in total. The molecule has 0 saturated carbocycles. The molecular formula is C13H16BrN3O. The number of aryl methyl sites for hydroxylation is 1. The van der Waals surface area contributed by atoms with Crippen molar-refractivity contribution >= 4 is 15.9 Å². The second-order valence-corrected chi connectivity index (χ2v) is 4.83. The van der Waals surface area contributed by atoms with Crippen LogP contribution in [0.2, 0.25) is 0 Å². The molecule has 96 valence electrons. The van der Waals surface area contributed by atoms with Crippen molar-refractivity contribution in [2.45, 2.75) is 26.6 Å². The number of hydrogen-bond acceptors (Lipinski definition) is 3. The standard InChI is InChI=1S/C13H16BrN3O/c1-2-17-9-16-7-12(17)8-18-13-4-3-11(14)5-10(13)6-15/h3-5,7,9H,2,6,8,15H2,1H3. The molecule has 0 unspecified atom stereocenters. The SMILES string of the molecule is CCn1cncc1COc1ccc(Br)cc1CN. The summed E-state index contributed by atoms with van der Waals surface area (Å²) in [6.07, 6.45) is 3.63. The minimum Gasteiger partial charge on any atom is -0.487 e. The third-order valence-electron chi connectivity index (χ3n) is 2.76. The molecule has 0 aliphatic carbocycles. The van der Waals surface area contributed by atoms with Crippen molar-refractivity contribution in [1.29, 1.82) is 0 Å². The predicted octanol–water partition coefficient (Wildman–Crippen LogP) is 2.70. The minimum atomic E-state index is 0.460. The first-order valence-electron chi connectivity index (χ1n) is 5.85. The van der Waals surface area contributed by atoms with Gasteiger partial charge in [-0.3, -0.25) is 0 Å². The first-order valence-corrected chi connectivity index (χ1v) is 6.64. The van der Waals surface area contributed by atoms with Crippen LogP contribution in [0.1, 0.15) is 18.2 Å². The maximum absolute atomic E-state index is 5.81. The Bertz CT molecular complexity index is 525.